The number of rotatable bonds is 2. The van der Waals surface area contributed by atoms with Crippen molar-refractivity contribution in [3.8, 4) is 11.5 Å². The molecule has 0 aliphatic heterocycles. The molecule has 0 fully saturated rings. The third-order valence-corrected chi connectivity index (χ3v) is 1.75. The van der Waals surface area contributed by atoms with Crippen molar-refractivity contribution in [2.45, 2.75) is 6.42 Å². The van der Waals surface area contributed by atoms with E-state index in [1.54, 1.807) is 0 Å². The van der Waals surface area contributed by atoms with Crippen molar-refractivity contribution < 1.29 is 20.1 Å². The zero-order chi connectivity index (χ0) is 10.0. The summed E-state index contributed by atoms with van der Waals surface area (Å²) in [6.07, 6.45) is -0.243. The molecule has 0 heterocycles. The second kappa shape index (κ2) is 3.53. The minimum Gasteiger partial charge on any atom is -0.504 e. The first kappa shape index (κ1) is 9.67. The monoisotopic (exact) mass is 202 g/mol. The molecule has 70 valence electrons. The van der Waals surface area contributed by atoms with Gasteiger partial charge in [0.05, 0.1) is 11.4 Å². The van der Waals surface area contributed by atoms with Crippen LogP contribution in [0.1, 0.15) is 5.56 Å². The van der Waals surface area contributed by atoms with Crippen molar-refractivity contribution in [1.29, 1.82) is 0 Å². The van der Waals surface area contributed by atoms with Crippen LogP contribution in [0.2, 0.25) is 5.02 Å². The third-order valence-electron chi connectivity index (χ3n) is 1.46. The van der Waals surface area contributed by atoms with Gasteiger partial charge in [0.25, 0.3) is 0 Å². The Morgan fingerprint density at radius 1 is 1.38 bits per heavy atom. The number of hydrogen-bond donors (Lipinski definition) is 3. The SMILES string of the molecule is O=C(O)Cc1cc(O)c(O)c(Cl)c1. The predicted octanol–water partition coefficient (Wildman–Crippen LogP) is 1.38. The molecule has 13 heavy (non-hydrogen) atoms. The van der Waals surface area contributed by atoms with Crippen LogP contribution < -0.4 is 0 Å². The predicted molar refractivity (Wildman–Crippen MR) is 46.1 cm³/mol. The second-order valence-electron chi connectivity index (χ2n) is 2.52. The lowest BCUT2D eigenvalue weighted by Crippen LogP contribution is -1.99. The molecule has 1 aromatic carbocycles. The average Bonchev–Trinajstić information content (AvgIpc) is 1.98. The topological polar surface area (TPSA) is 77.8 Å². The Morgan fingerprint density at radius 3 is 2.46 bits per heavy atom. The van der Waals surface area contributed by atoms with Gasteiger partial charge in [-0.1, -0.05) is 11.6 Å². The maximum atomic E-state index is 10.3. The summed E-state index contributed by atoms with van der Waals surface area (Å²) in [6, 6.07) is 2.46. The molecular formula is C8H7ClO4. The first-order valence-electron chi connectivity index (χ1n) is 3.43. The van der Waals surface area contributed by atoms with E-state index in [1.165, 1.54) is 6.07 Å². The normalized spacial score (nSPS) is 9.92. The van der Waals surface area contributed by atoms with Crippen molar-refractivity contribution in [2.24, 2.45) is 0 Å². The van der Waals surface area contributed by atoms with E-state index in [1.807, 2.05) is 0 Å². The van der Waals surface area contributed by atoms with Crippen LogP contribution in [0.15, 0.2) is 12.1 Å². The molecule has 0 unspecified atom stereocenters. The summed E-state index contributed by atoms with van der Waals surface area (Å²) in [5.74, 6) is -1.87. The van der Waals surface area contributed by atoms with Gasteiger partial charge in [-0.3, -0.25) is 4.79 Å². The number of carboxylic acid groups (broad SMARTS) is 1. The quantitative estimate of drug-likeness (QED) is 0.633. The molecule has 3 N–H and O–H groups in total. The van der Waals surface area contributed by atoms with Gasteiger partial charge in [0.1, 0.15) is 0 Å². The first-order chi connectivity index (χ1) is 6.00. The lowest BCUT2D eigenvalue weighted by molar-refractivity contribution is -0.136. The fraction of sp³-hybridized carbons (Fsp3) is 0.125. The van der Waals surface area contributed by atoms with E-state index >= 15 is 0 Å². The summed E-state index contributed by atoms with van der Waals surface area (Å²) in [4.78, 5) is 10.3. The fourth-order valence-corrected chi connectivity index (χ4v) is 1.15. The second-order valence-corrected chi connectivity index (χ2v) is 2.92. The zero-order valence-electron chi connectivity index (χ0n) is 6.49. The Hall–Kier alpha value is -1.42. The van der Waals surface area contributed by atoms with Crippen LogP contribution in [0.4, 0.5) is 0 Å². The standard InChI is InChI=1S/C8H7ClO4/c9-5-1-4(3-7(11)12)2-6(10)8(5)13/h1-2,10,13H,3H2,(H,11,12). The van der Waals surface area contributed by atoms with E-state index in [9.17, 15) is 4.79 Å². The van der Waals surface area contributed by atoms with E-state index in [2.05, 4.69) is 0 Å². The number of halogens is 1. The Labute approximate surface area is 79.0 Å². The molecule has 0 spiro atoms. The van der Waals surface area contributed by atoms with Gasteiger partial charge in [-0.25, -0.2) is 0 Å². The van der Waals surface area contributed by atoms with E-state index in [4.69, 9.17) is 26.9 Å². The highest BCUT2D eigenvalue weighted by Crippen LogP contribution is 2.33. The summed E-state index contributed by atoms with van der Waals surface area (Å²) in [5, 5.41) is 26.5. The number of aromatic hydroxyl groups is 2. The Balaban J connectivity index is 3.06. The maximum Gasteiger partial charge on any atom is 0.307 e. The molecule has 0 aliphatic rings. The largest absolute Gasteiger partial charge is 0.504 e. The highest BCUT2D eigenvalue weighted by Gasteiger charge is 2.09. The number of hydrogen-bond acceptors (Lipinski definition) is 3. The van der Waals surface area contributed by atoms with Crippen LogP contribution in [0.5, 0.6) is 11.5 Å². The molecule has 1 rings (SSSR count). The van der Waals surface area contributed by atoms with Crippen molar-refractivity contribution >= 4 is 17.6 Å². The molecule has 0 saturated heterocycles. The highest BCUT2D eigenvalue weighted by molar-refractivity contribution is 6.32. The van der Waals surface area contributed by atoms with Gasteiger partial charge in [0.15, 0.2) is 11.5 Å². The number of phenols is 2. The van der Waals surface area contributed by atoms with E-state index in [-0.39, 0.29) is 11.4 Å². The van der Waals surface area contributed by atoms with E-state index in [0.717, 1.165) is 6.07 Å². The molecule has 0 amide bonds. The van der Waals surface area contributed by atoms with Crippen molar-refractivity contribution in [3.63, 3.8) is 0 Å². The number of carboxylic acids is 1. The van der Waals surface area contributed by atoms with Crippen molar-refractivity contribution in [2.75, 3.05) is 0 Å². The van der Waals surface area contributed by atoms with Gasteiger partial charge in [0.2, 0.25) is 0 Å². The summed E-state index contributed by atoms with van der Waals surface area (Å²) in [6.45, 7) is 0. The third kappa shape index (κ3) is 2.26. The lowest BCUT2D eigenvalue weighted by Gasteiger charge is -2.02. The van der Waals surface area contributed by atoms with Crippen LogP contribution in [-0.2, 0) is 11.2 Å². The van der Waals surface area contributed by atoms with Gasteiger partial charge in [0, 0.05) is 0 Å². The van der Waals surface area contributed by atoms with Crippen LogP contribution in [-0.4, -0.2) is 21.3 Å². The Bertz CT molecular complexity index is 325. The molecule has 5 heteroatoms. The number of carbonyl (C=O) groups is 1. The highest BCUT2D eigenvalue weighted by atomic mass is 35.5. The molecule has 4 nitrogen and oxygen atoms in total. The Morgan fingerprint density at radius 2 is 2.00 bits per heavy atom. The first-order valence-corrected chi connectivity index (χ1v) is 3.80. The van der Waals surface area contributed by atoms with Crippen LogP contribution in [0.25, 0.3) is 0 Å². The van der Waals surface area contributed by atoms with Crippen molar-refractivity contribution in [3.05, 3.63) is 22.7 Å². The smallest absolute Gasteiger partial charge is 0.307 e. The van der Waals surface area contributed by atoms with Gasteiger partial charge >= 0.3 is 5.97 Å². The fourth-order valence-electron chi connectivity index (χ4n) is 0.916. The van der Waals surface area contributed by atoms with Gasteiger partial charge in [-0.15, -0.1) is 0 Å². The number of phenolic OH excluding ortho intramolecular Hbond substituents is 2. The summed E-state index contributed by atoms with van der Waals surface area (Å²) in [5.41, 5.74) is 0.341. The van der Waals surface area contributed by atoms with Crippen LogP contribution >= 0.6 is 11.6 Å². The summed E-state index contributed by atoms with van der Waals surface area (Å²) in [7, 11) is 0. The van der Waals surface area contributed by atoms with E-state index in [0.29, 0.717) is 5.56 Å². The molecule has 0 saturated carbocycles. The summed E-state index contributed by atoms with van der Waals surface area (Å²) < 4.78 is 0. The average molecular weight is 203 g/mol. The van der Waals surface area contributed by atoms with Crippen molar-refractivity contribution in [1.82, 2.24) is 0 Å². The molecular weight excluding hydrogens is 196 g/mol. The molecule has 0 bridgehead atoms. The molecule has 0 aliphatic carbocycles. The molecule has 1 aromatic rings. The lowest BCUT2D eigenvalue weighted by atomic mass is 10.1. The van der Waals surface area contributed by atoms with Gasteiger partial charge < -0.3 is 15.3 Å². The minimum atomic E-state index is -1.03. The molecule has 0 aromatic heterocycles. The summed E-state index contributed by atoms with van der Waals surface area (Å²) >= 11 is 5.50. The van der Waals surface area contributed by atoms with E-state index < -0.39 is 17.5 Å². The van der Waals surface area contributed by atoms with Gasteiger partial charge in [-0.2, -0.15) is 0 Å². The molecule has 0 radical (unpaired) electrons. The zero-order valence-corrected chi connectivity index (χ0v) is 7.25. The van der Waals surface area contributed by atoms with Gasteiger partial charge in [-0.05, 0) is 17.7 Å². The van der Waals surface area contributed by atoms with Crippen LogP contribution in [0, 0.1) is 0 Å². The molecule has 0 atom stereocenters. The minimum absolute atomic E-state index is 0.0590. The van der Waals surface area contributed by atoms with Crippen LogP contribution in [0.3, 0.4) is 0 Å². The Kier molecular flexibility index (Phi) is 2.63. The number of aliphatic carboxylic acids is 1. The maximum absolute atomic E-state index is 10.3. The number of benzene rings is 1.